The van der Waals surface area contributed by atoms with Crippen LogP contribution < -0.4 is 5.32 Å². The monoisotopic (exact) mass is 300 g/mol. The van der Waals surface area contributed by atoms with Gasteiger partial charge >= 0.3 is 5.97 Å². The van der Waals surface area contributed by atoms with Crippen molar-refractivity contribution in [2.45, 2.75) is 44.8 Å². The van der Waals surface area contributed by atoms with Crippen LogP contribution in [0.5, 0.6) is 0 Å². The second-order valence-electron chi connectivity index (χ2n) is 4.77. The molecule has 114 valence electrons. The third-order valence-corrected chi connectivity index (χ3v) is 4.20. The molecular weight excluding hydrogens is 276 g/mol. The molecule has 0 aliphatic carbocycles. The summed E-state index contributed by atoms with van der Waals surface area (Å²) in [7, 11) is 1.94. The summed E-state index contributed by atoms with van der Waals surface area (Å²) in [5, 5.41) is 12.2. The van der Waals surface area contributed by atoms with E-state index in [9.17, 15) is 4.79 Å². The Hall–Kier alpha value is -1.08. The number of nitrogens with zero attached hydrogens (tertiary/aromatic N) is 3. The van der Waals surface area contributed by atoms with Crippen LogP contribution >= 0.6 is 11.8 Å². The van der Waals surface area contributed by atoms with Gasteiger partial charge in [0.2, 0.25) is 0 Å². The van der Waals surface area contributed by atoms with Crippen molar-refractivity contribution in [3.8, 4) is 0 Å². The highest BCUT2D eigenvalue weighted by atomic mass is 32.2. The fourth-order valence-electron chi connectivity index (χ4n) is 1.80. The van der Waals surface area contributed by atoms with Crippen molar-refractivity contribution in [2.75, 3.05) is 18.9 Å². The standard InChI is InChI=1S/C13H24N4O2S/c1-6-14-13(4,11(18)19-7-2)8-9-20-12-16-15-10(3)17(12)5/h14H,6-9H2,1-5H3. The number of likely N-dealkylation sites (N-methyl/N-ethyl adjacent to an activating group) is 1. The van der Waals surface area contributed by atoms with Gasteiger partial charge in [0, 0.05) is 12.8 Å². The normalized spacial score (nSPS) is 14.1. The fourth-order valence-corrected chi connectivity index (χ4v) is 2.92. The number of hydrogen-bond acceptors (Lipinski definition) is 6. The number of rotatable bonds is 8. The highest BCUT2D eigenvalue weighted by molar-refractivity contribution is 7.99. The van der Waals surface area contributed by atoms with Crippen LogP contribution in [-0.2, 0) is 16.6 Å². The quantitative estimate of drug-likeness (QED) is 0.580. The van der Waals surface area contributed by atoms with Gasteiger partial charge in [-0.2, -0.15) is 0 Å². The molecule has 0 fully saturated rings. The first-order valence-corrected chi connectivity index (χ1v) is 7.84. The summed E-state index contributed by atoms with van der Waals surface area (Å²) >= 11 is 1.60. The van der Waals surface area contributed by atoms with E-state index in [1.165, 1.54) is 0 Å². The van der Waals surface area contributed by atoms with Crippen LogP contribution in [0.4, 0.5) is 0 Å². The first kappa shape index (κ1) is 17.0. The lowest BCUT2D eigenvalue weighted by atomic mass is 9.99. The maximum absolute atomic E-state index is 12.0. The topological polar surface area (TPSA) is 69.0 Å². The molecule has 1 heterocycles. The summed E-state index contributed by atoms with van der Waals surface area (Å²) in [4.78, 5) is 12.0. The summed E-state index contributed by atoms with van der Waals surface area (Å²) in [6, 6.07) is 0. The molecular formula is C13H24N4O2S. The van der Waals surface area contributed by atoms with Gasteiger partial charge in [-0.3, -0.25) is 4.79 Å². The zero-order valence-corrected chi connectivity index (χ0v) is 13.7. The maximum atomic E-state index is 12.0. The molecule has 0 aliphatic heterocycles. The van der Waals surface area contributed by atoms with Crippen molar-refractivity contribution in [1.29, 1.82) is 0 Å². The Labute approximate surface area is 124 Å². The minimum atomic E-state index is -0.647. The van der Waals surface area contributed by atoms with Crippen molar-refractivity contribution in [2.24, 2.45) is 7.05 Å². The van der Waals surface area contributed by atoms with Crippen molar-refractivity contribution in [3.63, 3.8) is 0 Å². The Morgan fingerprint density at radius 1 is 1.45 bits per heavy atom. The van der Waals surface area contributed by atoms with Gasteiger partial charge in [-0.15, -0.1) is 10.2 Å². The Balaban J connectivity index is 2.59. The number of aryl methyl sites for hydroxylation is 1. The number of carbonyl (C=O) groups is 1. The summed E-state index contributed by atoms with van der Waals surface area (Å²) in [6.07, 6.45) is 0.677. The molecule has 7 heteroatoms. The fraction of sp³-hybridized carbons (Fsp3) is 0.769. The van der Waals surface area contributed by atoms with Crippen LogP contribution in [0.15, 0.2) is 5.16 Å². The number of ether oxygens (including phenoxy) is 1. The maximum Gasteiger partial charge on any atom is 0.326 e. The number of nitrogens with one attached hydrogen (secondary N) is 1. The average molecular weight is 300 g/mol. The molecule has 1 unspecified atom stereocenters. The Morgan fingerprint density at radius 3 is 2.65 bits per heavy atom. The number of thioether (sulfide) groups is 1. The van der Waals surface area contributed by atoms with E-state index in [1.54, 1.807) is 11.8 Å². The van der Waals surface area contributed by atoms with Gasteiger partial charge < -0.3 is 14.6 Å². The van der Waals surface area contributed by atoms with Crippen molar-refractivity contribution < 1.29 is 9.53 Å². The molecule has 0 aliphatic rings. The second-order valence-corrected chi connectivity index (χ2v) is 5.83. The highest BCUT2D eigenvalue weighted by Crippen LogP contribution is 2.21. The number of aromatic nitrogens is 3. The molecule has 20 heavy (non-hydrogen) atoms. The zero-order valence-electron chi connectivity index (χ0n) is 12.9. The number of carbonyl (C=O) groups excluding carboxylic acids is 1. The summed E-state index contributed by atoms with van der Waals surface area (Å²) in [6.45, 7) is 8.73. The Bertz CT molecular complexity index is 450. The summed E-state index contributed by atoms with van der Waals surface area (Å²) < 4.78 is 7.09. The predicted octanol–water partition coefficient (Wildman–Crippen LogP) is 1.54. The molecule has 1 aromatic heterocycles. The first-order chi connectivity index (χ1) is 9.44. The van der Waals surface area contributed by atoms with Crippen LogP contribution in [0, 0.1) is 6.92 Å². The van der Waals surface area contributed by atoms with Crippen LogP contribution in [-0.4, -0.2) is 45.2 Å². The molecule has 1 atom stereocenters. The number of hydrogen-bond donors (Lipinski definition) is 1. The van der Waals surface area contributed by atoms with E-state index in [1.807, 2.05) is 39.3 Å². The van der Waals surface area contributed by atoms with Crippen LogP contribution in [0.2, 0.25) is 0 Å². The van der Waals surface area contributed by atoms with Gasteiger partial charge in [-0.05, 0) is 33.7 Å². The van der Waals surface area contributed by atoms with Gasteiger partial charge in [0.05, 0.1) is 6.61 Å². The largest absolute Gasteiger partial charge is 0.465 e. The van der Waals surface area contributed by atoms with Crippen LogP contribution in [0.1, 0.15) is 33.0 Å². The lowest BCUT2D eigenvalue weighted by Gasteiger charge is -2.27. The summed E-state index contributed by atoms with van der Waals surface area (Å²) in [5.41, 5.74) is -0.647. The molecule has 1 rings (SSSR count). The van der Waals surface area contributed by atoms with E-state index in [2.05, 4.69) is 15.5 Å². The van der Waals surface area contributed by atoms with E-state index in [0.717, 1.165) is 23.3 Å². The highest BCUT2D eigenvalue weighted by Gasteiger charge is 2.33. The zero-order chi connectivity index (χ0) is 15.2. The molecule has 0 saturated carbocycles. The summed E-state index contributed by atoms with van der Waals surface area (Å²) in [5.74, 6) is 1.46. The first-order valence-electron chi connectivity index (χ1n) is 6.85. The molecule has 0 aromatic carbocycles. The molecule has 1 N–H and O–H groups in total. The van der Waals surface area contributed by atoms with E-state index < -0.39 is 5.54 Å². The molecule has 0 amide bonds. The Kier molecular flexibility index (Phi) is 6.48. The minimum absolute atomic E-state index is 0.198. The predicted molar refractivity (Wildman–Crippen MR) is 79.8 cm³/mol. The van der Waals surface area contributed by atoms with Crippen LogP contribution in [0.25, 0.3) is 0 Å². The number of esters is 1. The molecule has 0 bridgehead atoms. The van der Waals surface area contributed by atoms with Gasteiger partial charge in [0.15, 0.2) is 5.16 Å². The third kappa shape index (κ3) is 4.21. The SMILES string of the molecule is CCNC(C)(CCSc1nnc(C)n1C)C(=O)OCC. The molecule has 6 nitrogen and oxygen atoms in total. The smallest absolute Gasteiger partial charge is 0.326 e. The molecule has 0 spiro atoms. The van der Waals surface area contributed by atoms with E-state index >= 15 is 0 Å². The minimum Gasteiger partial charge on any atom is -0.465 e. The van der Waals surface area contributed by atoms with Gasteiger partial charge in [-0.1, -0.05) is 18.7 Å². The van der Waals surface area contributed by atoms with Gasteiger partial charge in [0.1, 0.15) is 11.4 Å². The lowest BCUT2D eigenvalue weighted by molar-refractivity contribution is -0.150. The van der Waals surface area contributed by atoms with Gasteiger partial charge in [0.25, 0.3) is 0 Å². The van der Waals surface area contributed by atoms with Crippen molar-refractivity contribution in [1.82, 2.24) is 20.1 Å². The van der Waals surface area contributed by atoms with Crippen molar-refractivity contribution >= 4 is 17.7 Å². The third-order valence-electron chi connectivity index (χ3n) is 3.18. The molecule has 0 radical (unpaired) electrons. The van der Waals surface area contributed by atoms with Crippen molar-refractivity contribution in [3.05, 3.63) is 5.82 Å². The van der Waals surface area contributed by atoms with Crippen LogP contribution in [0.3, 0.4) is 0 Å². The molecule has 1 aromatic rings. The van der Waals surface area contributed by atoms with E-state index in [0.29, 0.717) is 13.0 Å². The average Bonchev–Trinajstić information content (AvgIpc) is 2.71. The van der Waals surface area contributed by atoms with Gasteiger partial charge in [-0.25, -0.2) is 0 Å². The Morgan fingerprint density at radius 2 is 2.15 bits per heavy atom. The van der Waals surface area contributed by atoms with E-state index in [4.69, 9.17) is 4.74 Å². The van der Waals surface area contributed by atoms with E-state index in [-0.39, 0.29) is 5.97 Å². The second kappa shape index (κ2) is 7.64. The lowest BCUT2D eigenvalue weighted by Crippen LogP contribution is -2.50. The molecule has 0 saturated heterocycles.